The van der Waals surface area contributed by atoms with Gasteiger partial charge in [-0.1, -0.05) is 17.7 Å². The summed E-state index contributed by atoms with van der Waals surface area (Å²) in [5.74, 6) is -0.854. The van der Waals surface area contributed by atoms with Gasteiger partial charge in [0.05, 0.1) is 30.9 Å². The van der Waals surface area contributed by atoms with Crippen molar-refractivity contribution in [2.45, 2.75) is 6.10 Å². The van der Waals surface area contributed by atoms with Crippen molar-refractivity contribution < 1.29 is 24.5 Å². The molecule has 94 valence electrons. The fraction of sp³-hybridized carbons (Fsp3) is 0.364. The van der Waals surface area contributed by atoms with Gasteiger partial charge >= 0.3 is 5.97 Å². The fourth-order valence-electron chi connectivity index (χ4n) is 1.40. The second-order valence-corrected chi connectivity index (χ2v) is 3.58. The lowest BCUT2D eigenvalue weighted by Gasteiger charge is -2.17. The van der Waals surface area contributed by atoms with Gasteiger partial charge in [-0.05, 0) is 12.1 Å². The SMILES string of the molecule is COc1cccc(Cl)c1C(OCCO)C(=O)O. The zero-order valence-corrected chi connectivity index (χ0v) is 9.98. The van der Waals surface area contributed by atoms with Gasteiger partial charge in [0.15, 0.2) is 6.10 Å². The number of rotatable bonds is 6. The number of methoxy groups -OCH3 is 1. The molecule has 0 saturated heterocycles. The summed E-state index contributed by atoms with van der Waals surface area (Å²) in [7, 11) is 1.42. The third-order valence-corrected chi connectivity index (χ3v) is 2.42. The molecule has 1 aromatic carbocycles. The van der Waals surface area contributed by atoms with Crippen LogP contribution in [-0.2, 0) is 9.53 Å². The third kappa shape index (κ3) is 3.33. The molecule has 0 bridgehead atoms. The van der Waals surface area contributed by atoms with Gasteiger partial charge in [-0.2, -0.15) is 0 Å². The van der Waals surface area contributed by atoms with Gasteiger partial charge in [-0.15, -0.1) is 0 Å². The second-order valence-electron chi connectivity index (χ2n) is 3.17. The van der Waals surface area contributed by atoms with Crippen LogP contribution in [-0.4, -0.2) is 36.5 Å². The molecule has 0 aliphatic heterocycles. The van der Waals surface area contributed by atoms with Crippen molar-refractivity contribution in [1.82, 2.24) is 0 Å². The van der Waals surface area contributed by atoms with E-state index < -0.39 is 12.1 Å². The van der Waals surface area contributed by atoms with E-state index in [0.29, 0.717) is 5.75 Å². The van der Waals surface area contributed by atoms with E-state index in [9.17, 15) is 4.79 Å². The summed E-state index contributed by atoms with van der Waals surface area (Å²) >= 11 is 5.94. The van der Waals surface area contributed by atoms with Crippen LogP contribution in [0, 0.1) is 0 Å². The lowest BCUT2D eigenvalue weighted by molar-refractivity contribution is -0.151. The molecule has 1 rings (SSSR count). The van der Waals surface area contributed by atoms with Crippen molar-refractivity contribution in [1.29, 1.82) is 0 Å². The molecule has 5 nitrogen and oxygen atoms in total. The number of carboxylic acids is 1. The van der Waals surface area contributed by atoms with Crippen LogP contribution in [0.2, 0.25) is 5.02 Å². The second kappa shape index (κ2) is 6.44. The van der Waals surface area contributed by atoms with Gasteiger partial charge in [0.2, 0.25) is 0 Å². The number of carboxylic acid groups (broad SMARTS) is 1. The van der Waals surface area contributed by atoms with E-state index in [2.05, 4.69) is 0 Å². The number of hydrogen-bond acceptors (Lipinski definition) is 4. The van der Waals surface area contributed by atoms with Crippen LogP contribution in [0.15, 0.2) is 18.2 Å². The highest BCUT2D eigenvalue weighted by atomic mass is 35.5. The van der Waals surface area contributed by atoms with Crippen LogP contribution in [0.1, 0.15) is 11.7 Å². The summed E-state index contributed by atoms with van der Waals surface area (Å²) in [6.07, 6.45) is -1.26. The van der Waals surface area contributed by atoms with E-state index in [4.69, 9.17) is 31.3 Å². The Hall–Kier alpha value is -1.30. The normalized spacial score (nSPS) is 12.2. The molecule has 0 heterocycles. The standard InChI is InChI=1S/C11H13ClO5/c1-16-8-4-2-3-7(12)9(8)10(11(14)15)17-6-5-13/h2-4,10,13H,5-6H2,1H3,(H,14,15). The minimum atomic E-state index is -1.26. The molecule has 0 radical (unpaired) electrons. The molecule has 2 N–H and O–H groups in total. The first-order chi connectivity index (χ1) is 8.11. The topological polar surface area (TPSA) is 76.0 Å². The van der Waals surface area contributed by atoms with E-state index in [1.807, 2.05) is 0 Å². The molecule has 0 aliphatic carbocycles. The van der Waals surface area contributed by atoms with Crippen LogP contribution >= 0.6 is 11.6 Å². The minimum Gasteiger partial charge on any atom is -0.496 e. The first kappa shape index (κ1) is 13.8. The van der Waals surface area contributed by atoms with Crippen molar-refractivity contribution in [3.8, 4) is 5.75 Å². The maximum atomic E-state index is 11.1. The molecule has 17 heavy (non-hydrogen) atoms. The number of aliphatic carboxylic acids is 1. The first-order valence-corrected chi connectivity index (χ1v) is 5.27. The number of ether oxygens (including phenoxy) is 2. The molecule has 0 spiro atoms. The Balaban J connectivity index is 3.12. The Morgan fingerprint density at radius 2 is 2.24 bits per heavy atom. The fourth-order valence-corrected chi connectivity index (χ4v) is 1.66. The number of benzene rings is 1. The van der Waals surface area contributed by atoms with Crippen LogP contribution in [0.4, 0.5) is 0 Å². The Kier molecular flexibility index (Phi) is 5.21. The average Bonchev–Trinajstić information content (AvgIpc) is 2.30. The van der Waals surface area contributed by atoms with Crippen molar-refractivity contribution in [3.05, 3.63) is 28.8 Å². The Morgan fingerprint density at radius 1 is 1.53 bits per heavy atom. The molecule has 1 unspecified atom stereocenters. The molecule has 0 saturated carbocycles. The Morgan fingerprint density at radius 3 is 2.76 bits per heavy atom. The van der Waals surface area contributed by atoms with E-state index in [-0.39, 0.29) is 23.8 Å². The highest BCUT2D eigenvalue weighted by molar-refractivity contribution is 6.31. The average molecular weight is 261 g/mol. The van der Waals surface area contributed by atoms with Crippen molar-refractivity contribution >= 4 is 17.6 Å². The van der Waals surface area contributed by atoms with Crippen LogP contribution in [0.3, 0.4) is 0 Å². The number of carbonyl (C=O) groups is 1. The highest BCUT2D eigenvalue weighted by Crippen LogP contribution is 2.34. The lowest BCUT2D eigenvalue weighted by Crippen LogP contribution is -2.18. The van der Waals surface area contributed by atoms with E-state index in [1.165, 1.54) is 7.11 Å². The Labute approximate surface area is 104 Å². The number of hydrogen-bond donors (Lipinski definition) is 2. The van der Waals surface area contributed by atoms with Gasteiger partial charge in [0, 0.05) is 0 Å². The van der Waals surface area contributed by atoms with Crippen molar-refractivity contribution in [2.24, 2.45) is 0 Å². The van der Waals surface area contributed by atoms with Crippen LogP contribution in [0.25, 0.3) is 0 Å². The summed E-state index contributed by atoms with van der Waals surface area (Å²) in [5, 5.41) is 18.0. The monoisotopic (exact) mass is 260 g/mol. The summed E-state index contributed by atoms with van der Waals surface area (Å²) in [4.78, 5) is 11.1. The van der Waals surface area contributed by atoms with E-state index in [1.54, 1.807) is 18.2 Å². The zero-order valence-electron chi connectivity index (χ0n) is 9.22. The molecular weight excluding hydrogens is 248 g/mol. The molecule has 6 heteroatoms. The van der Waals surface area contributed by atoms with Crippen LogP contribution < -0.4 is 4.74 Å². The summed E-state index contributed by atoms with van der Waals surface area (Å²) in [6.45, 7) is -0.359. The maximum absolute atomic E-state index is 11.1. The molecular formula is C11H13ClO5. The zero-order chi connectivity index (χ0) is 12.8. The quantitative estimate of drug-likeness (QED) is 0.810. The van der Waals surface area contributed by atoms with Gasteiger partial charge < -0.3 is 19.7 Å². The maximum Gasteiger partial charge on any atom is 0.337 e. The molecule has 1 atom stereocenters. The largest absolute Gasteiger partial charge is 0.496 e. The van der Waals surface area contributed by atoms with Gasteiger partial charge in [0.25, 0.3) is 0 Å². The van der Waals surface area contributed by atoms with Crippen LogP contribution in [0.5, 0.6) is 5.75 Å². The summed E-state index contributed by atoms with van der Waals surface area (Å²) in [5.41, 5.74) is 0.248. The minimum absolute atomic E-state index is 0.0919. The third-order valence-electron chi connectivity index (χ3n) is 2.10. The summed E-state index contributed by atoms with van der Waals surface area (Å²) in [6, 6.07) is 4.80. The summed E-state index contributed by atoms with van der Waals surface area (Å²) < 4.78 is 10.1. The number of aliphatic hydroxyl groups is 1. The molecule has 0 aromatic heterocycles. The van der Waals surface area contributed by atoms with E-state index in [0.717, 1.165) is 0 Å². The van der Waals surface area contributed by atoms with E-state index >= 15 is 0 Å². The molecule has 0 aliphatic rings. The Bertz CT molecular complexity index is 393. The van der Waals surface area contributed by atoms with Gasteiger partial charge in [0.1, 0.15) is 5.75 Å². The van der Waals surface area contributed by atoms with Crippen molar-refractivity contribution in [2.75, 3.05) is 20.3 Å². The molecule has 1 aromatic rings. The molecule has 0 amide bonds. The van der Waals surface area contributed by atoms with Gasteiger partial charge in [-0.25, -0.2) is 4.79 Å². The molecule has 0 fully saturated rings. The predicted molar refractivity (Wildman–Crippen MR) is 61.4 cm³/mol. The predicted octanol–water partition coefficient (Wildman–Crippen LogP) is 1.48. The van der Waals surface area contributed by atoms with Gasteiger partial charge in [-0.3, -0.25) is 0 Å². The first-order valence-electron chi connectivity index (χ1n) is 4.89. The smallest absolute Gasteiger partial charge is 0.337 e. The number of halogens is 1. The number of aliphatic hydroxyl groups excluding tert-OH is 1. The highest BCUT2D eigenvalue weighted by Gasteiger charge is 2.26. The lowest BCUT2D eigenvalue weighted by atomic mass is 10.1. The van der Waals surface area contributed by atoms with Crippen molar-refractivity contribution in [3.63, 3.8) is 0 Å².